The van der Waals surface area contributed by atoms with Crippen LogP contribution in [0.5, 0.6) is 17.4 Å². The Balaban J connectivity index is 2.60. The molecule has 0 saturated carbocycles. The Morgan fingerprint density at radius 3 is 2.32 bits per heavy atom. The minimum Gasteiger partial charge on any atom is -0.493 e. The standard InChI is InChI=1S/C17H21N3O5/c1-10(2)18-17(22)16-12(21)9-15(25-5)20(19-16)11-6-7-13(23-3)14(8-11)24-4/h6-10H,1-5H3,(H,18,22). The van der Waals surface area contributed by atoms with E-state index < -0.39 is 11.3 Å². The lowest BCUT2D eigenvalue weighted by Crippen LogP contribution is -2.35. The van der Waals surface area contributed by atoms with Gasteiger partial charge in [0.1, 0.15) is 0 Å². The number of rotatable bonds is 6. The molecule has 1 heterocycles. The molecule has 0 saturated heterocycles. The van der Waals surface area contributed by atoms with Crippen molar-refractivity contribution < 1.29 is 19.0 Å². The summed E-state index contributed by atoms with van der Waals surface area (Å²) in [4.78, 5) is 24.4. The molecule has 0 fully saturated rings. The van der Waals surface area contributed by atoms with Gasteiger partial charge in [0, 0.05) is 12.1 Å². The Bertz CT molecular complexity index is 830. The average molecular weight is 347 g/mol. The van der Waals surface area contributed by atoms with Gasteiger partial charge >= 0.3 is 0 Å². The summed E-state index contributed by atoms with van der Waals surface area (Å²) in [6.45, 7) is 3.60. The van der Waals surface area contributed by atoms with Gasteiger partial charge in [0.25, 0.3) is 5.91 Å². The molecule has 1 N–H and O–H groups in total. The number of nitrogens with one attached hydrogen (secondary N) is 1. The predicted octanol–water partition coefficient (Wildman–Crippen LogP) is 1.40. The second-order valence-corrected chi connectivity index (χ2v) is 5.48. The monoisotopic (exact) mass is 347 g/mol. The van der Waals surface area contributed by atoms with Crippen molar-refractivity contribution in [1.82, 2.24) is 15.1 Å². The first-order chi connectivity index (χ1) is 11.9. The highest BCUT2D eigenvalue weighted by molar-refractivity contribution is 5.92. The van der Waals surface area contributed by atoms with E-state index in [1.165, 1.54) is 32.1 Å². The third-order valence-corrected chi connectivity index (χ3v) is 3.35. The molecule has 0 aliphatic heterocycles. The highest BCUT2D eigenvalue weighted by Crippen LogP contribution is 2.30. The van der Waals surface area contributed by atoms with Crippen molar-refractivity contribution in [3.05, 3.63) is 40.2 Å². The molecule has 0 atom stereocenters. The van der Waals surface area contributed by atoms with Gasteiger partial charge in [0.15, 0.2) is 17.2 Å². The summed E-state index contributed by atoms with van der Waals surface area (Å²) in [6.07, 6.45) is 0. The van der Waals surface area contributed by atoms with Crippen molar-refractivity contribution in [2.75, 3.05) is 21.3 Å². The number of methoxy groups -OCH3 is 3. The van der Waals surface area contributed by atoms with Crippen LogP contribution >= 0.6 is 0 Å². The molecule has 134 valence electrons. The minimum atomic E-state index is -0.545. The summed E-state index contributed by atoms with van der Waals surface area (Å²) in [5.74, 6) is 0.676. The zero-order chi connectivity index (χ0) is 18.6. The van der Waals surface area contributed by atoms with Gasteiger partial charge in [-0.15, -0.1) is 0 Å². The highest BCUT2D eigenvalue weighted by Gasteiger charge is 2.18. The van der Waals surface area contributed by atoms with Gasteiger partial charge in [-0.1, -0.05) is 0 Å². The van der Waals surface area contributed by atoms with Gasteiger partial charge in [0.2, 0.25) is 11.3 Å². The van der Waals surface area contributed by atoms with Gasteiger partial charge < -0.3 is 19.5 Å². The maximum Gasteiger partial charge on any atom is 0.276 e. The topological polar surface area (TPSA) is 91.7 Å². The van der Waals surface area contributed by atoms with E-state index >= 15 is 0 Å². The van der Waals surface area contributed by atoms with Gasteiger partial charge in [-0.25, -0.2) is 0 Å². The van der Waals surface area contributed by atoms with Crippen LogP contribution in [-0.4, -0.2) is 43.1 Å². The second kappa shape index (κ2) is 7.69. The van der Waals surface area contributed by atoms with Crippen molar-refractivity contribution >= 4 is 5.91 Å². The SMILES string of the molecule is COc1ccc(-n2nc(C(=O)NC(C)C)c(=O)cc2OC)cc1OC. The van der Waals surface area contributed by atoms with E-state index in [9.17, 15) is 9.59 Å². The van der Waals surface area contributed by atoms with E-state index in [2.05, 4.69) is 10.4 Å². The van der Waals surface area contributed by atoms with Crippen LogP contribution in [0.25, 0.3) is 5.69 Å². The van der Waals surface area contributed by atoms with E-state index in [1.807, 2.05) is 0 Å². The first kappa shape index (κ1) is 18.3. The molecule has 25 heavy (non-hydrogen) atoms. The zero-order valence-electron chi connectivity index (χ0n) is 14.8. The van der Waals surface area contributed by atoms with Crippen LogP contribution in [0.4, 0.5) is 0 Å². The van der Waals surface area contributed by atoms with Crippen molar-refractivity contribution in [2.24, 2.45) is 0 Å². The second-order valence-electron chi connectivity index (χ2n) is 5.48. The van der Waals surface area contributed by atoms with Crippen LogP contribution in [-0.2, 0) is 0 Å². The lowest BCUT2D eigenvalue weighted by Gasteiger charge is -2.15. The van der Waals surface area contributed by atoms with Crippen molar-refractivity contribution in [3.63, 3.8) is 0 Å². The molecule has 1 aromatic heterocycles. The number of benzene rings is 1. The summed E-state index contributed by atoms with van der Waals surface area (Å²) < 4.78 is 17.1. The fraction of sp³-hybridized carbons (Fsp3) is 0.353. The molecule has 8 heteroatoms. The predicted molar refractivity (Wildman–Crippen MR) is 92.1 cm³/mol. The van der Waals surface area contributed by atoms with E-state index in [-0.39, 0.29) is 17.6 Å². The number of aromatic nitrogens is 2. The largest absolute Gasteiger partial charge is 0.493 e. The van der Waals surface area contributed by atoms with Gasteiger partial charge in [-0.3, -0.25) is 9.59 Å². The summed E-state index contributed by atoms with van der Waals surface area (Å²) in [6, 6.07) is 6.18. The molecule has 2 aromatic rings. The minimum absolute atomic E-state index is 0.120. The molecule has 1 amide bonds. The third kappa shape index (κ3) is 3.90. The number of nitrogens with zero attached hydrogens (tertiary/aromatic N) is 2. The zero-order valence-corrected chi connectivity index (χ0v) is 14.8. The van der Waals surface area contributed by atoms with Crippen molar-refractivity contribution in [2.45, 2.75) is 19.9 Å². The molecule has 8 nitrogen and oxygen atoms in total. The van der Waals surface area contributed by atoms with Crippen LogP contribution in [0.1, 0.15) is 24.3 Å². The number of hydrogen-bond acceptors (Lipinski definition) is 6. The molecule has 0 aliphatic rings. The van der Waals surface area contributed by atoms with Crippen molar-refractivity contribution in [3.8, 4) is 23.1 Å². The van der Waals surface area contributed by atoms with Gasteiger partial charge in [-0.05, 0) is 26.0 Å². The fourth-order valence-corrected chi connectivity index (χ4v) is 2.22. The molecule has 0 bridgehead atoms. The smallest absolute Gasteiger partial charge is 0.276 e. The van der Waals surface area contributed by atoms with Crippen LogP contribution in [0.3, 0.4) is 0 Å². The first-order valence-electron chi connectivity index (χ1n) is 7.62. The molecule has 1 aromatic carbocycles. The van der Waals surface area contributed by atoms with Crippen molar-refractivity contribution in [1.29, 1.82) is 0 Å². The van der Waals surface area contributed by atoms with Crippen LogP contribution in [0, 0.1) is 0 Å². The molecule has 0 unspecified atom stereocenters. The number of hydrogen-bond donors (Lipinski definition) is 1. The van der Waals surface area contributed by atoms with Gasteiger partial charge in [0.05, 0.1) is 33.1 Å². The average Bonchev–Trinajstić information content (AvgIpc) is 2.59. The molecule has 0 radical (unpaired) electrons. The maximum atomic E-state index is 12.2. The summed E-state index contributed by atoms with van der Waals surface area (Å²) >= 11 is 0. The number of amides is 1. The summed E-state index contributed by atoms with van der Waals surface area (Å²) in [5.41, 5.74) is -0.191. The van der Waals surface area contributed by atoms with E-state index in [0.29, 0.717) is 17.2 Å². The highest BCUT2D eigenvalue weighted by atomic mass is 16.5. The number of ether oxygens (including phenoxy) is 3. The molecular formula is C17H21N3O5. The summed E-state index contributed by atoms with van der Waals surface area (Å²) in [7, 11) is 4.46. The third-order valence-electron chi connectivity index (χ3n) is 3.35. The Hall–Kier alpha value is -3.03. The van der Waals surface area contributed by atoms with Crippen LogP contribution in [0.2, 0.25) is 0 Å². The molecular weight excluding hydrogens is 326 g/mol. The van der Waals surface area contributed by atoms with Crippen LogP contribution < -0.4 is 25.0 Å². The Kier molecular flexibility index (Phi) is 5.63. The quantitative estimate of drug-likeness (QED) is 0.849. The Labute approximate surface area is 145 Å². The number of carbonyl (C=O) groups excluding carboxylic acids is 1. The normalized spacial score (nSPS) is 10.5. The molecule has 2 rings (SSSR count). The molecule has 0 aliphatic carbocycles. The lowest BCUT2D eigenvalue weighted by atomic mass is 10.2. The Morgan fingerprint density at radius 1 is 1.08 bits per heavy atom. The fourth-order valence-electron chi connectivity index (χ4n) is 2.22. The first-order valence-corrected chi connectivity index (χ1v) is 7.62. The maximum absolute atomic E-state index is 12.2. The number of carbonyl (C=O) groups is 1. The van der Waals surface area contributed by atoms with Gasteiger partial charge in [-0.2, -0.15) is 9.78 Å². The van der Waals surface area contributed by atoms with E-state index in [4.69, 9.17) is 14.2 Å². The lowest BCUT2D eigenvalue weighted by molar-refractivity contribution is 0.0935. The summed E-state index contributed by atoms with van der Waals surface area (Å²) in [5, 5.41) is 6.82. The van der Waals surface area contributed by atoms with E-state index in [1.54, 1.807) is 32.0 Å². The van der Waals surface area contributed by atoms with Crippen LogP contribution in [0.15, 0.2) is 29.1 Å². The Morgan fingerprint density at radius 2 is 1.76 bits per heavy atom. The van der Waals surface area contributed by atoms with E-state index in [0.717, 1.165) is 0 Å². The molecule has 0 spiro atoms.